The Morgan fingerprint density at radius 2 is 2.24 bits per heavy atom. The maximum atomic E-state index is 12.1. The lowest BCUT2D eigenvalue weighted by Gasteiger charge is -2.36. The number of hydrogen-bond donors (Lipinski definition) is 2. The smallest absolute Gasteiger partial charge is 0.225 e. The van der Waals surface area contributed by atoms with E-state index in [0.717, 1.165) is 32.1 Å². The monoisotopic (exact) mass is 307 g/mol. The topological polar surface area (TPSA) is 44.4 Å². The average Bonchev–Trinajstić information content (AvgIpc) is 2.96. The molecular weight excluding hydrogens is 286 g/mol. The molecule has 2 unspecified atom stereocenters. The molecule has 1 amide bonds. The summed E-state index contributed by atoms with van der Waals surface area (Å²) in [5.41, 5.74) is 0.697. The fraction of sp³-hybridized carbons (Fsp3) is 0.562. The first-order chi connectivity index (χ1) is 10.2. The number of halogens is 1. The van der Waals surface area contributed by atoms with Gasteiger partial charge in [-0.1, -0.05) is 23.7 Å². The first-order valence-corrected chi connectivity index (χ1v) is 8.11. The van der Waals surface area contributed by atoms with E-state index in [1.165, 1.54) is 12.8 Å². The van der Waals surface area contributed by atoms with Crippen LogP contribution in [0.1, 0.15) is 19.3 Å². The summed E-state index contributed by atoms with van der Waals surface area (Å²) >= 11 is 6.06. The third-order valence-electron chi connectivity index (χ3n) is 4.57. The lowest BCUT2D eigenvalue weighted by atomic mass is 9.92. The van der Waals surface area contributed by atoms with Gasteiger partial charge in [0, 0.05) is 25.6 Å². The van der Waals surface area contributed by atoms with Gasteiger partial charge in [-0.15, -0.1) is 0 Å². The number of amides is 1. The second-order valence-electron chi connectivity index (χ2n) is 5.94. The summed E-state index contributed by atoms with van der Waals surface area (Å²) in [5.74, 6) is 0.807. The molecule has 0 saturated carbocycles. The first-order valence-electron chi connectivity index (χ1n) is 7.73. The van der Waals surface area contributed by atoms with Gasteiger partial charge in [-0.05, 0) is 44.0 Å². The molecule has 0 radical (unpaired) electrons. The Hall–Kier alpha value is -1.10. The van der Waals surface area contributed by atoms with Crippen molar-refractivity contribution in [1.82, 2.24) is 10.2 Å². The molecule has 2 atom stereocenters. The van der Waals surface area contributed by atoms with E-state index in [9.17, 15) is 4.79 Å². The lowest BCUT2D eigenvalue weighted by Crippen LogP contribution is -2.46. The Morgan fingerprint density at radius 3 is 3.10 bits per heavy atom. The predicted molar refractivity (Wildman–Crippen MR) is 85.7 cm³/mol. The number of rotatable bonds is 4. The van der Waals surface area contributed by atoms with Gasteiger partial charge in [-0.25, -0.2) is 0 Å². The molecule has 0 aliphatic carbocycles. The molecule has 2 aliphatic heterocycles. The zero-order valence-electron chi connectivity index (χ0n) is 12.1. The Labute approximate surface area is 130 Å². The number of benzene rings is 1. The molecule has 21 heavy (non-hydrogen) atoms. The van der Waals surface area contributed by atoms with Crippen LogP contribution in [-0.2, 0) is 4.79 Å². The van der Waals surface area contributed by atoms with Crippen molar-refractivity contribution >= 4 is 23.2 Å². The third kappa shape index (κ3) is 3.57. The molecule has 114 valence electrons. The first kappa shape index (κ1) is 14.8. The van der Waals surface area contributed by atoms with Crippen LogP contribution < -0.4 is 10.6 Å². The van der Waals surface area contributed by atoms with E-state index in [0.29, 0.717) is 23.2 Å². The number of carbonyl (C=O) groups excluding carboxylic acids is 1. The van der Waals surface area contributed by atoms with Gasteiger partial charge in [0.2, 0.25) is 5.91 Å². The van der Waals surface area contributed by atoms with Gasteiger partial charge in [-0.2, -0.15) is 0 Å². The van der Waals surface area contributed by atoms with E-state index in [1.807, 2.05) is 18.2 Å². The van der Waals surface area contributed by atoms with Gasteiger partial charge >= 0.3 is 0 Å². The van der Waals surface area contributed by atoms with Gasteiger partial charge < -0.3 is 10.6 Å². The van der Waals surface area contributed by atoms with Crippen molar-refractivity contribution in [2.24, 2.45) is 5.92 Å². The minimum absolute atomic E-state index is 0.0381. The molecule has 0 aromatic heterocycles. The van der Waals surface area contributed by atoms with E-state index in [-0.39, 0.29) is 5.91 Å². The number of hydrogen-bond acceptors (Lipinski definition) is 3. The highest BCUT2D eigenvalue weighted by molar-refractivity contribution is 6.33. The molecule has 0 spiro atoms. The van der Waals surface area contributed by atoms with Gasteiger partial charge in [0.25, 0.3) is 0 Å². The summed E-state index contributed by atoms with van der Waals surface area (Å²) in [6, 6.07) is 7.97. The van der Waals surface area contributed by atoms with E-state index in [4.69, 9.17) is 11.6 Å². The SMILES string of the molecule is O=C(CCN1CCCC2CNCC21)Nc1ccccc1Cl. The van der Waals surface area contributed by atoms with Crippen molar-refractivity contribution < 1.29 is 4.79 Å². The van der Waals surface area contributed by atoms with Crippen LogP contribution in [0.5, 0.6) is 0 Å². The molecule has 5 heteroatoms. The Balaban J connectivity index is 1.50. The van der Waals surface area contributed by atoms with Crippen LogP contribution in [0.2, 0.25) is 5.02 Å². The highest BCUT2D eigenvalue weighted by Crippen LogP contribution is 2.26. The van der Waals surface area contributed by atoms with E-state index >= 15 is 0 Å². The van der Waals surface area contributed by atoms with Crippen molar-refractivity contribution in [3.05, 3.63) is 29.3 Å². The summed E-state index contributed by atoms with van der Waals surface area (Å²) in [4.78, 5) is 14.6. The van der Waals surface area contributed by atoms with Crippen molar-refractivity contribution in [2.45, 2.75) is 25.3 Å². The summed E-state index contributed by atoms with van der Waals surface area (Å²) in [5, 5.41) is 6.95. The summed E-state index contributed by atoms with van der Waals surface area (Å²) in [6.45, 7) is 4.14. The maximum Gasteiger partial charge on any atom is 0.225 e. The number of nitrogens with zero attached hydrogens (tertiary/aromatic N) is 1. The lowest BCUT2D eigenvalue weighted by molar-refractivity contribution is -0.116. The fourth-order valence-corrected chi connectivity index (χ4v) is 3.64. The van der Waals surface area contributed by atoms with Crippen molar-refractivity contribution in [2.75, 3.05) is 31.5 Å². The quantitative estimate of drug-likeness (QED) is 0.897. The Morgan fingerprint density at radius 1 is 1.38 bits per heavy atom. The largest absolute Gasteiger partial charge is 0.325 e. The maximum absolute atomic E-state index is 12.1. The van der Waals surface area contributed by atoms with Crippen molar-refractivity contribution in [3.63, 3.8) is 0 Å². The minimum Gasteiger partial charge on any atom is -0.325 e. The second-order valence-corrected chi connectivity index (χ2v) is 6.35. The summed E-state index contributed by atoms with van der Waals surface area (Å²) in [6.07, 6.45) is 3.09. The molecule has 3 rings (SSSR count). The van der Waals surface area contributed by atoms with Crippen LogP contribution in [0.3, 0.4) is 0 Å². The highest BCUT2D eigenvalue weighted by Gasteiger charge is 2.34. The molecule has 2 saturated heterocycles. The second kappa shape index (κ2) is 6.77. The number of carbonyl (C=O) groups is 1. The number of likely N-dealkylation sites (tertiary alicyclic amines) is 1. The fourth-order valence-electron chi connectivity index (χ4n) is 3.46. The van der Waals surface area contributed by atoms with E-state index in [2.05, 4.69) is 15.5 Å². The number of anilines is 1. The van der Waals surface area contributed by atoms with Crippen LogP contribution in [0, 0.1) is 5.92 Å². The molecule has 2 fully saturated rings. The molecule has 2 heterocycles. The zero-order valence-corrected chi connectivity index (χ0v) is 12.9. The van der Waals surface area contributed by atoms with Gasteiger partial charge in [0.15, 0.2) is 0 Å². The van der Waals surface area contributed by atoms with Crippen LogP contribution in [0.4, 0.5) is 5.69 Å². The number of nitrogens with one attached hydrogen (secondary N) is 2. The molecular formula is C16H22ClN3O. The Bertz CT molecular complexity index is 508. The molecule has 4 nitrogen and oxygen atoms in total. The van der Waals surface area contributed by atoms with Gasteiger partial charge in [0.05, 0.1) is 10.7 Å². The molecule has 1 aromatic carbocycles. The van der Waals surface area contributed by atoms with Crippen LogP contribution in [-0.4, -0.2) is 43.0 Å². The van der Waals surface area contributed by atoms with Crippen LogP contribution >= 0.6 is 11.6 Å². The number of piperidine rings is 1. The standard InChI is InChI=1S/C16H22ClN3O/c17-13-5-1-2-6-14(13)19-16(21)7-9-20-8-3-4-12-10-18-11-15(12)20/h1-2,5-6,12,15,18H,3-4,7-11H2,(H,19,21). The highest BCUT2D eigenvalue weighted by atomic mass is 35.5. The van der Waals surface area contributed by atoms with Crippen molar-refractivity contribution in [1.29, 1.82) is 0 Å². The zero-order chi connectivity index (χ0) is 14.7. The molecule has 0 bridgehead atoms. The Kier molecular flexibility index (Phi) is 4.78. The van der Waals surface area contributed by atoms with Crippen LogP contribution in [0.25, 0.3) is 0 Å². The van der Waals surface area contributed by atoms with Gasteiger partial charge in [0.1, 0.15) is 0 Å². The summed E-state index contributed by atoms with van der Waals surface area (Å²) in [7, 11) is 0. The third-order valence-corrected chi connectivity index (χ3v) is 4.90. The number of fused-ring (bicyclic) bond motifs is 1. The average molecular weight is 308 g/mol. The predicted octanol–water partition coefficient (Wildman–Crippen LogP) is 2.35. The number of para-hydroxylation sites is 1. The molecule has 1 aromatic rings. The molecule has 2 N–H and O–H groups in total. The van der Waals surface area contributed by atoms with E-state index in [1.54, 1.807) is 6.07 Å². The van der Waals surface area contributed by atoms with Crippen molar-refractivity contribution in [3.8, 4) is 0 Å². The summed E-state index contributed by atoms with van der Waals surface area (Å²) < 4.78 is 0. The van der Waals surface area contributed by atoms with Crippen LogP contribution in [0.15, 0.2) is 24.3 Å². The van der Waals surface area contributed by atoms with E-state index < -0.39 is 0 Å². The minimum atomic E-state index is 0.0381. The normalized spacial score (nSPS) is 25.6. The molecule has 2 aliphatic rings. The van der Waals surface area contributed by atoms with Gasteiger partial charge in [-0.3, -0.25) is 9.69 Å².